The van der Waals surface area contributed by atoms with Crippen molar-refractivity contribution in [1.82, 2.24) is 5.32 Å². The maximum Gasteiger partial charge on any atom is 1.00 e. The van der Waals surface area contributed by atoms with E-state index < -0.39 is 8.25 Å². The second-order valence-electron chi connectivity index (χ2n) is 1.28. The summed E-state index contributed by atoms with van der Waals surface area (Å²) in [6.07, 6.45) is 1.62. The zero-order chi connectivity index (χ0) is 7.11. The zero-order valence-corrected chi connectivity index (χ0v) is 8.92. The molecule has 0 amide bonds. The second-order valence-corrected chi connectivity index (χ2v) is 2.07. The van der Waals surface area contributed by atoms with Gasteiger partial charge in [-0.2, -0.15) is 0 Å². The summed E-state index contributed by atoms with van der Waals surface area (Å²) >= 11 is 0. The minimum absolute atomic E-state index is 0. The number of nitrogens with one attached hydrogen (secondary N) is 1. The van der Waals surface area contributed by atoms with Crippen LogP contribution in [0.1, 0.15) is 0 Å². The molecule has 0 saturated heterocycles. The van der Waals surface area contributed by atoms with E-state index >= 15 is 0 Å². The molecule has 0 fully saturated rings. The van der Waals surface area contributed by atoms with Gasteiger partial charge in [-0.15, -0.1) is 6.58 Å². The first-order valence-electron chi connectivity index (χ1n) is 2.42. The van der Waals surface area contributed by atoms with Crippen LogP contribution in [0.5, 0.6) is 0 Å². The molecule has 1 unspecified atom stereocenters. The third-order valence-corrected chi connectivity index (χ3v) is 0.961. The first kappa shape index (κ1) is 13.4. The molecule has 1 N–H and O–H groups in total. The minimum Gasteiger partial charge on any atom is -0.781 e. The molecule has 0 aromatic heterocycles. The van der Waals surface area contributed by atoms with Gasteiger partial charge in [0.15, 0.2) is 0 Å². The van der Waals surface area contributed by atoms with E-state index in [0.717, 1.165) is 0 Å². The van der Waals surface area contributed by atoms with E-state index in [2.05, 4.69) is 16.4 Å². The predicted octanol–water partition coefficient (Wildman–Crippen LogP) is -3.51. The molecule has 0 heterocycles. The van der Waals surface area contributed by atoms with Gasteiger partial charge in [0, 0.05) is 6.54 Å². The van der Waals surface area contributed by atoms with Crippen molar-refractivity contribution in [3.8, 4) is 0 Å². The van der Waals surface area contributed by atoms with Crippen molar-refractivity contribution in [1.29, 1.82) is 0 Å². The summed E-state index contributed by atoms with van der Waals surface area (Å²) in [5, 5.41) is 2.65. The Hall–Kier alpha value is 0.850. The van der Waals surface area contributed by atoms with Crippen LogP contribution in [0.3, 0.4) is 0 Å². The van der Waals surface area contributed by atoms with E-state index in [-0.39, 0.29) is 36.3 Å². The number of hydrogen-bond donors (Lipinski definition) is 1. The third kappa shape index (κ3) is 11.6. The van der Waals surface area contributed by atoms with Crippen LogP contribution in [0.15, 0.2) is 12.7 Å². The summed E-state index contributed by atoms with van der Waals surface area (Å²) in [5.74, 6) is 0. The van der Waals surface area contributed by atoms with Gasteiger partial charge in [0.05, 0.1) is 0 Å². The van der Waals surface area contributed by atoms with E-state index in [4.69, 9.17) is 0 Å². The number of rotatable bonds is 5. The van der Waals surface area contributed by atoms with Crippen LogP contribution in [-0.4, -0.2) is 13.3 Å². The Balaban J connectivity index is 0. The molecule has 0 aromatic carbocycles. The molecule has 0 bridgehead atoms. The van der Waals surface area contributed by atoms with Crippen molar-refractivity contribution < 1.29 is 43.5 Å². The Morgan fingerprint density at radius 3 is 2.80 bits per heavy atom. The van der Waals surface area contributed by atoms with Crippen molar-refractivity contribution in [3.05, 3.63) is 12.7 Å². The van der Waals surface area contributed by atoms with Gasteiger partial charge in [-0.25, -0.2) is 0 Å². The first-order valence-corrected chi connectivity index (χ1v) is 3.65. The van der Waals surface area contributed by atoms with Crippen molar-refractivity contribution >= 4 is 8.25 Å². The smallest absolute Gasteiger partial charge is 0.781 e. The molecule has 0 rings (SSSR count). The quantitative estimate of drug-likeness (QED) is 0.154. The number of hydrogen-bond acceptors (Lipinski definition) is 4. The summed E-state index contributed by atoms with van der Waals surface area (Å²) in [5.41, 5.74) is 0. The third-order valence-electron chi connectivity index (χ3n) is 0.581. The Bertz CT molecular complexity index is 111. The van der Waals surface area contributed by atoms with Crippen LogP contribution in [0.2, 0.25) is 0 Å². The van der Waals surface area contributed by atoms with Gasteiger partial charge in [-0.05, 0) is 0 Å². The molecule has 0 saturated carbocycles. The van der Waals surface area contributed by atoms with Crippen LogP contribution in [-0.2, 0) is 9.09 Å². The molecule has 0 radical (unpaired) electrons. The van der Waals surface area contributed by atoms with Crippen LogP contribution in [0.4, 0.5) is 0 Å². The largest absolute Gasteiger partial charge is 1.00 e. The molecule has 0 aromatic rings. The molecule has 4 nitrogen and oxygen atoms in total. The van der Waals surface area contributed by atoms with Crippen molar-refractivity contribution in [3.63, 3.8) is 0 Å². The fourth-order valence-electron chi connectivity index (χ4n) is 0.271. The standard InChI is InChI=1S/C4H10NO3P.Na/c1-2-3-5-4-8-9(6)7;/h2,5,9H,1,3-4H2,(H,6,7);/q;+1/p-1. The minimum atomic E-state index is -3.01. The van der Waals surface area contributed by atoms with Crippen molar-refractivity contribution in [2.75, 3.05) is 13.3 Å². The van der Waals surface area contributed by atoms with Gasteiger partial charge in [-0.3, -0.25) is 5.32 Å². The van der Waals surface area contributed by atoms with E-state index in [0.29, 0.717) is 6.54 Å². The van der Waals surface area contributed by atoms with Gasteiger partial charge in [0.2, 0.25) is 0 Å². The molecule has 0 aliphatic rings. The van der Waals surface area contributed by atoms with Gasteiger partial charge < -0.3 is 14.0 Å². The second kappa shape index (κ2) is 9.85. The normalized spacial score (nSPS) is 11.7. The summed E-state index contributed by atoms with van der Waals surface area (Å²) < 4.78 is 13.9. The predicted molar refractivity (Wildman–Crippen MR) is 33.2 cm³/mol. The summed E-state index contributed by atoms with van der Waals surface area (Å²) in [4.78, 5) is 9.75. The molecule has 6 heteroatoms. The Labute approximate surface area is 82.9 Å². The van der Waals surface area contributed by atoms with Gasteiger partial charge in [-0.1, -0.05) is 6.08 Å². The maximum absolute atomic E-state index is 9.75. The Kier molecular flexibility index (Phi) is 13.2. The first-order chi connectivity index (χ1) is 4.27. The van der Waals surface area contributed by atoms with Crippen LogP contribution < -0.4 is 39.8 Å². The molecule has 10 heavy (non-hydrogen) atoms. The van der Waals surface area contributed by atoms with Crippen LogP contribution in [0.25, 0.3) is 0 Å². The average Bonchev–Trinajstić information content (AvgIpc) is 1.80. The van der Waals surface area contributed by atoms with Crippen molar-refractivity contribution in [2.45, 2.75) is 0 Å². The molecular weight excluding hydrogens is 164 g/mol. The molecule has 0 spiro atoms. The Morgan fingerprint density at radius 2 is 2.40 bits per heavy atom. The summed E-state index contributed by atoms with van der Waals surface area (Å²) in [6, 6.07) is 0. The summed E-state index contributed by atoms with van der Waals surface area (Å²) in [7, 11) is -3.01. The molecule has 54 valence electrons. The van der Waals surface area contributed by atoms with Gasteiger partial charge >= 0.3 is 29.6 Å². The van der Waals surface area contributed by atoms with Gasteiger partial charge in [0.1, 0.15) is 15.0 Å². The monoisotopic (exact) mass is 173 g/mol. The maximum atomic E-state index is 9.75. The zero-order valence-electron chi connectivity index (χ0n) is 5.92. The Morgan fingerprint density at radius 1 is 1.80 bits per heavy atom. The summed E-state index contributed by atoms with van der Waals surface area (Å²) in [6.45, 7) is 4.00. The molecule has 1 atom stereocenters. The van der Waals surface area contributed by atoms with E-state index in [1.807, 2.05) is 0 Å². The fraction of sp³-hybridized carbons (Fsp3) is 0.500. The fourth-order valence-corrected chi connectivity index (χ4v) is 0.491. The molecule has 0 aliphatic carbocycles. The molecule has 0 aliphatic heterocycles. The topological polar surface area (TPSA) is 61.4 Å². The van der Waals surface area contributed by atoms with Crippen LogP contribution in [0, 0.1) is 0 Å². The van der Waals surface area contributed by atoms with Crippen molar-refractivity contribution in [2.24, 2.45) is 0 Å². The van der Waals surface area contributed by atoms with Gasteiger partial charge in [0.25, 0.3) is 0 Å². The molecular formula is C4H9NNaO3P. The van der Waals surface area contributed by atoms with E-state index in [1.54, 1.807) is 6.08 Å². The van der Waals surface area contributed by atoms with E-state index in [9.17, 15) is 9.46 Å². The average molecular weight is 173 g/mol. The van der Waals surface area contributed by atoms with Crippen LogP contribution >= 0.6 is 8.25 Å². The van der Waals surface area contributed by atoms with E-state index in [1.165, 1.54) is 0 Å². The SMILES string of the molecule is C=CCNCO[PH](=O)[O-].[Na+].